The predicted octanol–water partition coefficient (Wildman–Crippen LogP) is 5.33. The molecule has 0 saturated heterocycles. The lowest BCUT2D eigenvalue weighted by Crippen LogP contribution is -2.17. The number of hydrogen-bond donors (Lipinski definition) is 1. The third-order valence-corrected chi connectivity index (χ3v) is 7.39. The van der Waals surface area contributed by atoms with Gasteiger partial charge >= 0.3 is 0 Å². The summed E-state index contributed by atoms with van der Waals surface area (Å²) in [6.45, 7) is 14.2. The summed E-state index contributed by atoms with van der Waals surface area (Å²) in [7, 11) is 0. The molecule has 0 spiro atoms. The number of anilines is 1. The molecule has 0 radical (unpaired) electrons. The van der Waals surface area contributed by atoms with Gasteiger partial charge in [-0.15, -0.1) is 0 Å². The summed E-state index contributed by atoms with van der Waals surface area (Å²) in [5.41, 5.74) is 7.20. The minimum Gasteiger partial charge on any atom is -0.489 e. The fourth-order valence-corrected chi connectivity index (χ4v) is 4.11. The molecule has 9 nitrogen and oxygen atoms in total. The Labute approximate surface area is 212 Å². The van der Waals surface area contributed by atoms with Crippen molar-refractivity contribution in [3.63, 3.8) is 0 Å². The van der Waals surface area contributed by atoms with Crippen molar-refractivity contribution in [2.24, 2.45) is 0 Å². The number of benzene rings is 1. The second kappa shape index (κ2) is 9.69. The maximum Gasteiger partial charge on any atom is 0.278 e. The molecule has 10 heteroatoms. The van der Waals surface area contributed by atoms with Crippen molar-refractivity contribution in [3.05, 3.63) is 73.6 Å². The number of rotatable bonds is 7. The second-order valence-electron chi connectivity index (χ2n) is 8.73. The topological polar surface area (TPSA) is 100 Å². The normalized spacial score (nSPS) is 11.2. The van der Waals surface area contributed by atoms with Gasteiger partial charge in [0.05, 0.1) is 38.5 Å². The van der Waals surface area contributed by atoms with Crippen molar-refractivity contribution in [2.45, 2.75) is 61.7 Å². The lowest BCUT2D eigenvalue weighted by atomic mass is 10.1. The smallest absolute Gasteiger partial charge is 0.278 e. The number of ether oxygens (including phenoxy) is 1. The maximum atomic E-state index is 13.2. The molecule has 0 bridgehead atoms. The van der Waals surface area contributed by atoms with Gasteiger partial charge in [0.2, 0.25) is 0 Å². The highest BCUT2D eigenvalue weighted by molar-refractivity contribution is 9.10. The van der Waals surface area contributed by atoms with E-state index in [-0.39, 0.29) is 18.2 Å². The molecule has 0 atom stereocenters. The van der Waals surface area contributed by atoms with Crippen molar-refractivity contribution in [2.75, 3.05) is 5.32 Å². The summed E-state index contributed by atoms with van der Waals surface area (Å²) in [5.74, 6) is 0.891. The number of hydrogen-bond acceptors (Lipinski definition) is 6. The molecule has 1 amide bonds. The third kappa shape index (κ3) is 4.88. The van der Waals surface area contributed by atoms with Crippen LogP contribution in [0.5, 0.6) is 5.75 Å². The van der Waals surface area contributed by atoms with Crippen molar-refractivity contribution < 1.29 is 14.1 Å². The zero-order chi connectivity index (χ0) is 25.4. The van der Waals surface area contributed by atoms with E-state index >= 15 is 0 Å². The summed E-state index contributed by atoms with van der Waals surface area (Å²) in [4.78, 5) is 13.2. The molecular formula is C25H29BrN6O3. The van der Waals surface area contributed by atoms with Crippen LogP contribution in [0.4, 0.5) is 5.69 Å². The second-order valence-corrected chi connectivity index (χ2v) is 9.52. The summed E-state index contributed by atoms with van der Waals surface area (Å²) in [6.07, 6.45) is 0. The molecule has 0 aliphatic heterocycles. The Bertz CT molecular complexity index is 1420. The van der Waals surface area contributed by atoms with Crippen LogP contribution >= 0.6 is 15.9 Å². The van der Waals surface area contributed by atoms with Crippen LogP contribution in [0.2, 0.25) is 0 Å². The first-order chi connectivity index (χ1) is 16.6. The predicted molar refractivity (Wildman–Crippen MR) is 136 cm³/mol. The standard InChI is InChI=1S/C25H29BrN6O3/c1-13-8-9-20(10-14(13)2)34-11-21-19(7)35-30-24(21)25(33)27-23-16(4)29-32(18(23)6)12-31-17(5)22(26)15(3)28-31/h8-10H,11-12H2,1-7H3,(H,27,33). The molecular weight excluding hydrogens is 512 g/mol. The van der Waals surface area contributed by atoms with Gasteiger partial charge in [-0.3, -0.25) is 4.79 Å². The fraction of sp³-hybridized carbons (Fsp3) is 0.360. The Hall–Kier alpha value is -3.40. The quantitative estimate of drug-likeness (QED) is 0.340. The highest BCUT2D eigenvalue weighted by Gasteiger charge is 2.23. The number of carbonyl (C=O) groups is 1. The van der Waals surface area contributed by atoms with Crippen molar-refractivity contribution in [3.8, 4) is 5.75 Å². The summed E-state index contributed by atoms with van der Waals surface area (Å²) in [5, 5.41) is 16.1. The van der Waals surface area contributed by atoms with E-state index < -0.39 is 0 Å². The van der Waals surface area contributed by atoms with Crippen molar-refractivity contribution >= 4 is 27.5 Å². The molecule has 1 N–H and O–H groups in total. The van der Waals surface area contributed by atoms with Gasteiger partial charge in [0.1, 0.15) is 24.8 Å². The molecule has 0 aliphatic carbocycles. The van der Waals surface area contributed by atoms with Crippen LogP contribution in [0, 0.1) is 48.5 Å². The molecule has 3 aromatic heterocycles. The Morgan fingerprint density at radius 2 is 1.69 bits per heavy atom. The van der Waals surface area contributed by atoms with E-state index in [1.54, 1.807) is 6.92 Å². The number of aromatic nitrogens is 5. The third-order valence-electron chi connectivity index (χ3n) is 6.24. The van der Waals surface area contributed by atoms with Gasteiger partial charge in [-0.2, -0.15) is 10.2 Å². The lowest BCUT2D eigenvalue weighted by molar-refractivity contribution is 0.101. The molecule has 0 unspecified atom stereocenters. The highest BCUT2D eigenvalue weighted by atomic mass is 79.9. The first-order valence-corrected chi connectivity index (χ1v) is 12.1. The van der Waals surface area contributed by atoms with E-state index in [1.165, 1.54) is 5.56 Å². The highest BCUT2D eigenvalue weighted by Crippen LogP contribution is 2.25. The maximum absolute atomic E-state index is 13.2. The Morgan fingerprint density at radius 3 is 2.34 bits per heavy atom. The summed E-state index contributed by atoms with van der Waals surface area (Å²) in [6, 6.07) is 5.89. The van der Waals surface area contributed by atoms with Gasteiger partial charge in [-0.25, -0.2) is 9.36 Å². The lowest BCUT2D eigenvalue weighted by Gasteiger charge is -2.10. The van der Waals surface area contributed by atoms with Crippen LogP contribution in [0.3, 0.4) is 0 Å². The molecule has 4 aromatic rings. The van der Waals surface area contributed by atoms with Gasteiger partial charge in [0.15, 0.2) is 5.69 Å². The van der Waals surface area contributed by atoms with Gasteiger partial charge in [0, 0.05) is 0 Å². The van der Waals surface area contributed by atoms with E-state index in [0.29, 0.717) is 29.4 Å². The minimum atomic E-state index is -0.375. The number of nitrogens with zero attached hydrogens (tertiary/aromatic N) is 5. The first kappa shape index (κ1) is 24.7. The Balaban J connectivity index is 1.52. The van der Waals surface area contributed by atoms with Crippen LogP contribution in [0.1, 0.15) is 55.7 Å². The molecule has 3 heterocycles. The fourth-order valence-electron chi connectivity index (χ4n) is 3.83. The van der Waals surface area contributed by atoms with E-state index in [9.17, 15) is 4.79 Å². The molecule has 35 heavy (non-hydrogen) atoms. The van der Waals surface area contributed by atoms with Gasteiger partial charge in [0.25, 0.3) is 5.91 Å². The monoisotopic (exact) mass is 540 g/mol. The minimum absolute atomic E-state index is 0.171. The largest absolute Gasteiger partial charge is 0.489 e. The van der Waals surface area contributed by atoms with E-state index in [1.807, 2.05) is 69.1 Å². The van der Waals surface area contributed by atoms with Gasteiger partial charge in [-0.1, -0.05) is 11.2 Å². The average molecular weight is 541 g/mol. The number of halogens is 1. The average Bonchev–Trinajstić information content (AvgIpc) is 3.40. The SMILES string of the molecule is Cc1ccc(OCc2c(C(=O)Nc3c(C)nn(Cn4nc(C)c(Br)c4C)c3C)noc2C)cc1C. The molecule has 0 aliphatic rings. The van der Waals surface area contributed by atoms with Gasteiger partial charge in [-0.05, 0) is 87.7 Å². The van der Waals surface area contributed by atoms with Crippen molar-refractivity contribution in [1.29, 1.82) is 0 Å². The summed E-state index contributed by atoms with van der Waals surface area (Å²) >= 11 is 3.56. The van der Waals surface area contributed by atoms with Crippen LogP contribution < -0.4 is 10.1 Å². The van der Waals surface area contributed by atoms with Crippen LogP contribution in [-0.2, 0) is 13.3 Å². The number of aryl methyl sites for hydroxylation is 5. The Kier molecular flexibility index (Phi) is 6.84. The van der Waals surface area contributed by atoms with E-state index in [0.717, 1.165) is 32.9 Å². The molecule has 0 saturated carbocycles. The molecule has 1 aromatic carbocycles. The molecule has 184 valence electrons. The van der Waals surface area contributed by atoms with Crippen LogP contribution in [-0.4, -0.2) is 30.6 Å². The Morgan fingerprint density at radius 1 is 1.00 bits per heavy atom. The van der Waals surface area contributed by atoms with Crippen LogP contribution in [0.15, 0.2) is 27.2 Å². The first-order valence-electron chi connectivity index (χ1n) is 11.3. The zero-order valence-electron chi connectivity index (χ0n) is 21.0. The number of carbonyl (C=O) groups excluding carboxylic acids is 1. The van der Waals surface area contributed by atoms with Crippen molar-refractivity contribution in [1.82, 2.24) is 24.7 Å². The molecule has 4 rings (SSSR count). The number of nitrogens with one attached hydrogen (secondary N) is 1. The van der Waals surface area contributed by atoms with E-state index in [2.05, 4.69) is 36.6 Å². The summed E-state index contributed by atoms with van der Waals surface area (Å²) < 4.78 is 15.9. The van der Waals surface area contributed by atoms with Crippen LogP contribution in [0.25, 0.3) is 0 Å². The number of amides is 1. The van der Waals surface area contributed by atoms with E-state index in [4.69, 9.17) is 9.26 Å². The zero-order valence-corrected chi connectivity index (χ0v) is 22.6. The van der Waals surface area contributed by atoms with Gasteiger partial charge < -0.3 is 14.6 Å². The molecule has 0 fully saturated rings.